The third-order valence-electron chi connectivity index (χ3n) is 2.11. The number of carbonyl (C=O) groups is 1. The molecule has 1 rings (SSSR count). The lowest BCUT2D eigenvalue weighted by Gasteiger charge is -2.26. The van der Waals surface area contributed by atoms with E-state index in [1.807, 2.05) is 6.92 Å². The monoisotopic (exact) mass is 143 g/mol. The van der Waals surface area contributed by atoms with Gasteiger partial charge in [-0.25, -0.2) is 0 Å². The predicted molar refractivity (Wildman–Crippen MR) is 37.4 cm³/mol. The van der Waals surface area contributed by atoms with Crippen LogP contribution in [0.15, 0.2) is 0 Å². The van der Waals surface area contributed by atoms with Gasteiger partial charge in [-0.15, -0.1) is 0 Å². The molecule has 10 heavy (non-hydrogen) atoms. The first-order valence-corrected chi connectivity index (χ1v) is 3.61. The average Bonchev–Trinajstić information content (AvgIpc) is 1.88. The molecule has 0 aliphatic carbocycles. The van der Waals surface area contributed by atoms with Crippen LogP contribution in [0.25, 0.3) is 0 Å². The summed E-state index contributed by atoms with van der Waals surface area (Å²) >= 11 is 0. The molecule has 58 valence electrons. The van der Waals surface area contributed by atoms with Crippen LogP contribution in [0.1, 0.15) is 13.3 Å². The number of aliphatic hydroxyl groups is 1. The Morgan fingerprint density at radius 1 is 1.80 bits per heavy atom. The molecule has 3 nitrogen and oxygen atoms in total. The van der Waals surface area contributed by atoms with Gasteiger partial charge in [0.05, 0.1) is 0 Å². The fourth-order valence-corrected chi connectivity index (χ4v) is 1.22. The van der Waals surface area contributed by atoms with Gasteiger partial charge in [0.2, 0.25) is 5.91 Å². The number of carbonyl (C=O) groups excluding carboxylic acids is 1. The van der Waals surface area contributed by atoms with Crippen LogP contribution in [0.3, 0.4) is 0 Å². The third kappa shape index (κ3) is 1.48. The number of amides is 1. The number of piperidine rings is 1. The summed E-state index contributed by atoms with van der Waals surface area (Å²) in [6.07, 6.45) is 0.561. The standard InChI is InChI=1S/C7H13NO2/c1-5-2-7(10)8-3-6(5)4-9/h5-6,9H,2-4H2,1H3,(H,8,10). The molecule has 1 amide bonds. The minimum atomic E-state index is 0.109. The minimum absolute atomic E-state index is 0.109. The van der Waals surface area contributed by atoms with Crippen LogP contribution < -0.4 is 5.32 Å². The maximum Gasteiger partial charge on any atom is 0.220 e. The SMILES string of the molecule is CC1CC(=O)NCC1CO. The molecule has 1 fully saturated rings. The highest BCUT2D eigenvalue weighted by atomic mass is 16.3. The van der Waals surface area contributed by atoms with Gasteiger partial charge in [-0.3, -0.25) is 4.79 Å². The van der Waals surface area contributed by atoms with Crippen molar-refractivity contribution in [3.8, 4) is 0 Å². The van der Waals surface area contributed by atoms with Crippen molar-refractivity contribution in [3.63, 3.8) is 0 Å². The van der Waals surface area contributed by atoms with E-state index in [4.69, 9.17) is 5.11 Å². The maximum absolute atomic E-state index is 10.7. The van der Waals surface area contributed by atoms with Crippen molar-refractivity contribution >= 4 is 5.91 Å². The van der Waals surface area contributed by atoms with Crippen molar-refractivity contribution in [1.29, 1.82) is 0 Å². The normalized spacial score (nSPS) is 33.6. The molecular formula is C7H13NO2. The second-order valence-electron chi connectivity index (χ2n) is 2.93. The van der Waals surface area contributed by atoms with E-state index in [1.165, 1.54) is 0 Å². The minimum Gasteiger partial charge on any atom is -0.396 e. The molecule has 0 aromatic heterocycles. The Morgan fingerprint density at radius 3 is 3.00 bits per heavy atom. The highest BCUT2D eigenvalue weighted by Gasteiger charge is 2.24. The van der Waals surface area contributed by atoms with E-state index in [9.17, 15) is 4.79 Å². The second kappa shape index (κ2) is 3.01. The Morgan fingerprint density at radius 2 is 2.50 bits per heavy atom. The summed E-state index contributed by atoms with van der Waals surface area (Å²) < 4.78 is 0. The van der Waals surface area contributed by atoms with Gasteiger partial charge in [0.25, 0.3) is 0 Å². The van der Waals surface area contributed by atoms with Gasteiger partial charge in [0.1, 0.15) is 0 Å². The van der Waals surface area contributed by atoms with E-state index in [-0.39, 0.29) is 18.4 Å². The highest BCUT2D eigenvalue weighted by molar-refractivity contribution is 5.76. The smallest absolute Gasteiger partial charge is 0.220 e. The van der Waals surface area contributed by atoms with Gasteiger partial charge < -0.3 is 10.4 Å². The quantitative estimate of drug-likeness (QED) is 0.532. The molecule has 2 unspecified atom stereocenters. The maximum atomic E-state index is 10.7. The second-order valence-corrected chi connectivity index (χ2v) is 2.93. The van der Waals surface area contributed by atoms with Crippen molar-refractivity contribution in [2.75, 3.05) is 13.2 Å². The van der Waals surface area contributed by atoms with Crippen molar-refractivity contribution in [2.45, 2.75) is 13.3 Å². The van der Waals surface area contributed by atoms with Crippen molar-refractivity contribution in [1.82, 2.24) is 5.32 Å². The summed E-state index contributed by atoms with van der Waals surface area (Å²) in [5, 5.41) is 11.5. The molecule has 0 aromatic carbocycles. The Balaban J connectivity index is 2.43. The number of nitrogens with one attached hydrogen (secondary N) is 1. The largest absolute Gasteiger partial charge is 0.396 e. The summed E-state index contributed by atoms with van der Waals surface area (Å²) in [6, 6.07) is 0. The van der Waals surface area contributed by atoms with Crippen molar-refractivity contribution < 1.29 is 9.90 Å². The lowest BCUT2D eigenvalue weighted by Crippen LogP contribution is -2.41. The van der Waals surface area contributed by atoms with Crippen LogP contribution in [0, 0.1) is 11.8 Å². The molecule has 0 saturated carbocycles. The summed E-state index contributed by atoms with van der Waals surface area (Å²) in [5.41, 5.74) is 0. The van der Waals surface area contributed by atoms with Crippen LogP contribution in [-0.4, -0.2) is 24.2 Å². The summed E-state index contributed by atoms with van der Waals surface area (Å²) in [7, 11) is 0. The van der Waals surface area contributed by atoms with Crippen molar-refractivity contribution in [3.05, 3.63) is 0 Å². The fraction of sp³-hybridized carbons (Fsp3) is 0.857. The van der Waals surface area contributed by atoms with E-state index in [0.29, 0.717) is 18.9 Å². The highest BCUT2D eigenvalue weighted by Crippen LogP contribution is 2.17. The Bertz CT molecular complexity index is 136. The molecule has 2 atom stereocenters. The molecule has 1 saturated heterocycles. The molecule has 1 heterocycles. The Hall–Kier alpha value is -0.570. The first kappa shape index (κ1) is 7.54. The average molecular weight is 143 g/mol. The molecule has 1 aliphatic rings. The van der Waals surface area contributed by atoms with Gasteiger partial charge in [-0.2, -0.15) is 0 Å². The van der Waals surface area contributed by atoms with Crippen LogP contribution in [0.4, 0.5) is 0 Å². The number of rotatable bonds is 1. The van der Waals surface area contributed by atoms with Crippen molar-refractivity contribution in [2.24, 2.45) is 11.8 Å². The van der Waals surface area contributed by atoms with E-state index < -0.39 is 0 Å². The van der Waals surface area contributed by atoms with Crippen LogP contribution in [0.2, 0.25) is 0 Å². The first-order chi connectivity index (χ1) is 4.74. The lowest BCUT2D eigenvalue weighted by atomic mass is 9.88. The molecule has 1 aliphatic heterocycles. The molecule has 3 heteroatoms. The van der Waals surface area contributed by atoms with Gasteiger partial charge >= 0.3 is 0 Å². The fourth-order valence-electron chi connectivity index (χ4n) is 1.22. The summed E-state index contributed by atoms with van der Waals surface area (Å²) in [6.45, 7) is 2.82. The molecule has 0 radical (unpaired) electrons. The predicted octanol–water partition coefficient (Wildman–Crippen LogP) is -0.249. The number of aliphatic hydroxyl groups excluding tert-OH is 1. The van der Waals surface area contributed by atoms with Crippen LogP contribution >= 0.6 is 0 Å². The van der Waals surface area contributed by atoms with Gasteiger partial charge in [0.15, 0.2) is 0 Å². The third-order valence-corrected chi connectivity index (χ3v) is 2.11. The molecule has 2 N–H and O–H groups in total. The topological polar surface area (TPSA) is 49.3 Å². The van der Waals surface area contributed by atoms with E-state index >= 15 is 0 Å². The molecule has 0 aromatic rings. The number of hydrogen-bond donors (Lipinski definition) is 2. The zero-order valence-corrected chi connectivity index (χ0v) is 6.13. The first-order valence-electron chi connectivity index (χ1n) is 3.61. The van der Waals surface area contributed by atoms with Crippen LogP contribution in [-0.2, 0) is 4.79 Å². The van der Waals surface area contributed by atoms with E-state index in [0.717, 1.165) is 0 Å². The summed E-state index contributed by atoms with van der Waals surface area (Å²) in [4.78, 5) is 10.7. The number of hydrogen-bond acceptors (Lipinski definition) is 2. The van der Waals surface area contributed by atoms with E-state index in [1.54, 1.807) is 0 Å². The lowest BCUT2D eigenvalue weighted by molar-refractivity contribution is -0.124. The molecule has 0 bridgehead atoms. The molecular weight excluding hydrogens is 130 g/mol. The van der Waals surface area contributed by atoms with Gasteiger partial charge in [0, 0.05) is 25.5 Å². The van der Waals surface area contributed by atoms with Crippen LogP contribution in [0.5, 0.6) is 0 Å². The molecule has 0 spiro atoms. The van der Waals surface area contributed by atoms with E-state index in [2.05, 4.69) is 5.32 Å². The summed E-state index contributed by atoms with van der Waals surface area (Å²) in [5.74, 6) is 0.702. The van der Waals surface area contributed by atoms with Gasteiger partial charge in [-0.1, -0.05) is 6.92 Å². The zero-order chi connectivity index (χ0) is 7.56. The Labute approximate surface area is 60.4 Å². The Kier molecular flexibility index (Phi) is 2.27. The van der Waals surface area contributed by atoms with Gasteiger partial charge in [-0.05, 0) is 5.92 Å². The zero-order valence-electron chi connectivity index (χ0n) is 6.13.